The van der Waals surface area contributed by atoms with Crippen LogP contribution in [0.5, 0.6) is 0 Å². The normalized spacial score (nSPS) is 19.4. The van der Waals surface area contributed by atoms with Gasteiger partial charge >= 0.3 is 6.18 Å². The fourth-order valence-electron chi connectivity index (χ4n) is 4.84. The second kappa shape index (κ2) is 11.0. The van der Waals surface area contributed by atoms with Crippen LogP contribution in [0.25, 0.3) is 0 Å². The summed E-state index contributed by atoms with van der Waals surface area (Å²) in [5.74, 6) is 0.779. The number of likely N-dealkylation sites (N-methyl/N-ethyl adjacent to an activating group) is 1. The van der Waals surface area contributed by atoms with Crippen molar-refractivity contribution in [2.45, 2.75) is 32.1 Å². The van der Waals surface area contributed by atoms with E-state index >= 15 is 0 Å². The van der Waals surface area contributed by atoms with Crippen LogP contribution < -0.4 is 10.4 Å². The van der Waals surface area contributed by atoms with E-state index < -0.39 is 11.7 Å². The maximum atomic E-state index is 13.9. The molecule has 37 heavy (non-hydrogen) atoms. The number of halogens is 3. The van der Waals surface area contributed by atoms with Crippen LogP contribution in [-0.2, 0) is 17.6 Å². The Morgan fingerprint density at radius 1 is 0.946 bits per heavy atom. The van der Waals surface area contributed by atoms with Gasteiger partial charge in [-0.05, 0) is 23.7 Å². The van der Waals surface area contributed by atoms with Gasteiger partial charge in [0, 0.05) is 57.6 Å². The van der Waals surface area contributed by atoms with Crippen molar-refractivity contribution in [3.63, 3.8) is 0 Å². The first-order chi connectivity index (χ1) is 17.9. The number of alkyl halides is 3. The number of rotatable bonds is 7. The van der Waals surface area contributed by atoms with Crippen LogP contribution in [-0.4, -0.2) is 59.1 Å². The van der Waals surface area contributed by atoms with E-state index in [1.807, 2.05) is 42.5 Å². The van der Waals surface area contributed by atoms with Crippen molar-refractivity contribution in [3.05, 3.63) is 77.6 Å². The largest absolute Gasteiger partial charge is 0.419 e. The van der Waals surface area contributed by atoms with E-state index in [1.165, 1.54) is 11.1 Å². The number of piperazine rings is 1. The third-order valence-electron chi connectivity index (χ3n) is 6.91. The minimum Gasteiger partial charge on any atom is -0.325 e. The van der Waals surface area contributed by atoms with Crippen LogP contribution in [0, 0.1) is 0 Å². The zero-order valence-electron chi connectivity index (χ0n) is 20.8. The second-order valence-electron chi connectivity index (χ2n) is 9.35. The number of benzene rings is 1. The van der Waals surface area contributed by atoms with E-state index in [4.69, 9.17) is 4.84 Å². The summed E-state index contributed by atoms with van der Waals surface area (Å²) in [6, 6.07) is 14.3. The maximum absolute atomic E-state index is 13.9. The average Bonchev–Trinajstić information content (AvgIpc) is 3.40. The van der Waals surface area contributed by atoms with Crippen LogP contribution in [0.4, 0.5) is 30.5 Å². The summed E-state index contributed by atoms with van der Waals surface area (Å²) in [6.07, 6.45) is -1.33. The Labute approximate surface area is 214 Å². The molecular weight excluding hydrogens is 481 g/mol. The molecule has 1 unspecified atom stereocenters. The second-order valence-corrected chi connectivity index (χ2v) is 9.35. The van der Waals surface area contributed by atoms with E-state index in [1.54, 1.807) is 6.20 Å². The summed E-state index contributed by atoms with van der Waals surface area (Å²) in [5, 5.41) is 4.41. The van der Waals surface area contributed by atoms with E-state index in [9.17, 15) is 13.2 Å². The van der Waals surface area contributed by atoms with Gasteiger partial charge in [0.15, 0.2) is 0 Å². The average molecular weight is 513 g/mol. The highest BCUT2D eigenvalue weighted by Crippen LogP contribution is 2.43. The standard InChI is InChI=1S/C27H31F3N6O/c1-2-34-11-13-35(14-12-34)19-20-8-9-25(31-17-20)33-26-16-24(22(18-32-26)27(28,29)30)36-23(10-15-37-36)21-6-4-3-5-7-21/h3-9,16-18,23H,2,10-15,19H2,1H3,(H,31,32,33). The highest BCUT2D eigenvalue weighted by molar-refractivity contribution is 5.63. The molecule has 4 heterocycles. The molecule has 2 aromatic heterocycles. The first kappa shape index (κ1) is 25.4. The smallest absolute Gasteiger partial charge is 0.325 e. The van der Waals surface area contributed by atoms with Crippen LogP contribution >= 0.6 is 0 Å². The van der Waals surface area contributed by atoms with Gasteiger partial charge in [-0.25, -0.2) is 15.0 Å². The number of nitrogens with one attached hydrogen (secondary N) is 1. The zero-order chi connectivity index (χ0) is 25.8. The van der Waals surface area contributed by atoms with Gasteiger partial charge in [-0.15, -0.1) is 0 Å². The molecule has 0 amide bonds. The highest BCUT2D eigenvalue weighted by atomic mass is 19.4. The Bertz CT molecular complexity index is 1170. The summed E-state index contributed by atoms with van der Waals surface area (Å²) in [4.78, 5) is 19.0. The molecule has 196 valence electrons. The Morgan fingerprint density at radius 2 is 1.68 bits per heavy atom. The van der Waals surface area contributed by atoms with Crippen LogP contribution in [0.1, 0.15) is 36.1 Å². The Balaban J connectivity index is 1.32. The van der Waals surface area contributed by atoms with Crippen molar-refractivity contribution < 1.29 is 18.0 Å². The van der Waals surface area contributed by atoms with Crippen molar-refractivity contribution in [1.82, 2.24) is 19.8 Å². The third kappa shape index (κ3) is 6.03. The van der Waals surface area contributed by atoms with Crippen molar-refractivity contribution in [2.24, 2.45) is 0 Å². The molecule has 1 aromatic carbocycles. The van der Waals surface area contributed by atoms with Crippen molar-refractivity contribution in [3.8, 4) is 0 Å². The number of pyridine rings is 2. The lowest BCUT2D eigenvalue weighted by atomic mass is 10.0. The lowest BCUT2D eigenvalue weighted by molar-refractivity contribution is -0.137. The monoisotopic (exact) mass is 512 g/mol. The first-order valence-electron chi connectivity index (χ1n) is 12.6. The summed E-state index contributed by atoms with van der Waals surface area (Å²) in [7, 11) is 0. The zero-order valence-corrected chi connectivity index (χ0v) is 20.8. The molecule has 0 saturated carbocycles. The number of hydroxylamine groups is 1. The summed E-state index contributed by atoms with van der Waals surface area (Å²) in [6.45, 7) is 8.59. The molecule has 5 rings (SSSR count). The van der Waals surface area contributed by atoms with Crippen LogP contribution in [0.2, 0.25) is 0 Å². The Kier molecular flexibility index (Phi) is 7.59. The third-order valence-corrected chi connectivity index (χ3v) is 6.91. The topological polar surface area (TPSA) is 56.8 Å². The lowest BCUT2D eigenvalue weighted by Gasteiger charge is -2.33. The van der Waals surface area contributed by atoms with Crippen LogP contribution in [0.15, 0.2) is 60.9 Å². The molecule has 10 heteroatoms. The van der Waals surface area contributed by atoms with E-state index in [0.29, 0.717) is 18.8 Å². The summed E-state index contributed by atoms with van der Waals surface area (Å²) < 4.78 is 41.7. The number of hydrogen-bond acceptors (Lipinski definition) is 7. The SMILES string of the molecule is CCN1CCN(Cc2ccc(Nc3cc(N4OCCC4c4ccccc4)c(C(F)(F)F)cn3)nc2)CC1. The van der Waals surface area contributed by atoms with Gasteiger partial charge in [0.05, 0.1) is 23.9 Å². The van der Waals surface area contributed by atoms with Gasteiger partial charge in [0.2, 0.25) is 0 Å². The summed E-state index contributed by atoms with van der Waals surface area (Å²) in [5.41, 5.74) is 1.08. The van der Waals surface area contributed by atoms with E-state index in [2.05, 4.69) is 32.0 Å². The Morgan fingerprint density at radius 3 is 2.35 bits per heavy atom. The Hall–Kier alpha value is -3.21. The molecule has 0 aliphatic carbocycles. The quantitative estimate of drug-likeness (QED) is 0.464. The predicted molar refractivity (Wildman–Crippen MR) is 136 cm³/mol. The molecular formula is C27H31F3N6O. The predicted octanol–water partition coefficient (Wildman–Crippen LogP) is 5.26. The molecule has 3 aromatic rings. The molecule has 2 aliphatic heterocycles. The van der Waals surface area contributed by atoms with Gasteiger partial charge in [0.25, 0.3) is 0 Å². The fraction of sp³-hybridized carbons (Fsp3) is 0.407. The number of nitrogens with zero attached hydrogens (tertiary/aromatic N) is 5. The number of anilines is 3. The van der Waals surface area contributed by atoms with Gasteiger partial charge in [-0.1, -0.05) is 43.3 Å². The minimum absolute atomic E-state index is 0.0702. The molecule has 1 N–H and O–H groups in total. The van der Waals surface area contributed by atoms with Crippen molar-refractivity contribution in [2.75, 3.05) is 49.7 Å². The van der Waals surface area contributed by atoms with Crippen LogP contribution in [0.3, 0.4) is 0 Å². The number of hydrogen-bond donors (Lipinski definition) is 1. The molecule has 7 nitrogen and oxygen atoms in total. The molecule has 0 radical (unpaired) electrons. The van der Waals surface area contributed by atoms with E-state index in [-0.39, 0.29) is 17.5 Å². The van der Waals surface area contributed by atoms with Gasteiger partial charge in [-0.2, -0.15) is 13.2 Å². The van der Waals surface area contributed by atoms with E-state index in [0.717, 1.165) is 56.6 Å². The van der Waals surface area contributed by atoms with Gasteiger partial charge in [-0.3, -0.25) is 9.74 Å². The molecule has 0 spiro atoms. The maximum Gasteiger partial charge on any atom is 0.419 e. The minimum atomic E-state index is -4.57. The molecule has 2 fully saturated rings. The van der Waals surface area contributed by atoms with Gasteiger partial charge < -0.3 is 10.2 Å². The first-order valence-corrected chi connectivity index (χ1v) is 12.6. The summed E-state index contributed by atoms with van der Waals surface area (Å²) >= 11 is 0. The molecule has 2 aliphatic rings. The lowest BCUT2D eigenvalue weighted by Crippen LogP contribution is -2.45. The van der Waals surface area contributed by atoms with Gasteiger partial charge in [0.1, 0.15) is 11.6 Å². The van der Waals surface area contributed by atoms with Crippen molar-refractivity contribution >= 4 is 17.3 Å². The number of aromatic nitrogens is 2. The van der Waals surface area contributed by atoms with Crippen molar-refractivity contribution in [1.29, 1.82) is 0 Å². The molecule has 2 saturated heterocycles. The molecule has 1 atom stereocenters. The fourth-order valence-corrected chi connectivity index (χ4v) is 4.84. The molecule has 0 bridgehead atoms. The highest BCUT2D eigenvalue weighted by Gasteiger charge is 2.39.